The highest BCUT2D eigenvalue weighted by Gasteiger charge is 2.32. The van der Waals surface area contributed by atoms with Gasteiger partial charge in [0.1, 0.15) is 17.3 Å². The van der Waals surface area contributed by atoms with Gasteiger partial charge < -0.3 is 47.7 Å². The Hall–Kier alpha value is -4.53. The summed E-state index contributed by atoms with van der Waals surface area (Å²) in [5.74, 6) is -4.73. The van der Waals surface area contributed by atoms with Gasteiger partial charge in [0.2, 0.25) is 12.8 Å². The number of ether oxygens (including phenoxy) is 1. The van der Waals surface area contributed by atoms with E-state index >= 15 is 4.39 Å². The maximum atomic E-state index is 15.3. The lowest BCUT2D eigenvalue weighted by atomic mass is 10.1. The molecule has 16 nitrogen and oxygen atoms in total. The number of carbonyl (C=O) groups excluding carboxylic acids is 1. The summed E-state index contributed by atoms with van der Waals surface area (Å²) >= 11 is 0. The number of aromatic nitrogens is 1. The molecule has 1 saturated carbocycles. The fourth-order valence-electron chi connectivity index (χ4n) is 5.56. The van der Waals surface area contributed by atoms with Crippen LogP contribution in [0.5, 0.6) is 0 Å². The molecule has 1 amide bonds. The van der Waals surface area contributed by atoms with Gasteiger partial charge in [-0.2, -0.15) is 0 Å². The second kappa shape index (κ2) is 12.5. The first kappa shape index (κ1) is 33.4. The number of anilines is 1. The SMILES string of the molecule is O=C(O)c1cn(C2CC2)c2cc(N3CCN(C(=O)OCc4oc(=O)oc4-c4ccc(P(=O)(O)CP(=O)(O)O)cc4)CC3)c(F)cc2c1=O. The normalized spacial score (nSPS) is 16.6. The molecule has 0 spiro atoms. The van der Waals surface area contributed by atoms with E-state index in [0.29, 0.717) is 5.52 Å². The van der Waals surface area contributed by atoms with Gasteiger partial charge in [-0.05, 0) is 37.1 Å². The summed E-state index contributed by atoms with van der Waals surface area (Å²) in [6.07, 6.45) is 2.14. The Labute approximate surface area is 269 Å². The number of benzene rings is 2. The third kappa shape index (κ3) is 6.86. The number of piperazine rings is 1. The number of rotatable bonds is 9. The van der Waals surface area contributed by atoms with E-state index in [9.17, 15) is 38.3 Å². The van der Waals surface area contributed by atoms with Gasteiger partial charge in [0.05, 0.1) is 11.2 Å². The number of amides is 1. The summed E-state index contributed by atoms with van der Waals surface area (Å²) in [4.78, 5) is 80.5. The highest BCUT2D eigenvalue weighted by molar-refractivity contribution is 7.77. The van der Waals surface area contributed by atoms with Crippen molar-refractivity contribution in [3.63, 3.8) is 0 Å². The van der Waals surface area contributed by atoms with E-state index in [4.69, 9.17) is 23.4 Å². The van der Waals surface area contributed by atoms with Crippen molar-refractivity contribution in [2.45, 2.75) is 25.5 Å². The molecule has 1 saturated heterocycles. The summed E-state index contributed by atoms with van der Waals surface area (Å²) in [5, 5.41) is 9.20. The number of nitrogens with zero attached hydrogens (tertiary/aromatic N) is 3. The number of carbonyl (C=O) groups is 2. The zero-order chi connectivity index (χ0) is 34.5. The van der Waals surface area contributed by atoms with E-state index in [1.54, 1.807) is 9.47 Å². The maximum absolute atomic E-state index is 15.3. The first-order chi connectivity index (χ1) is 22.6. The van der Waals surface area contributed by atoms with Crippen molar-refractivity contribution < 1.29 is 56.5 Å². The number of carboxylic acids is 1. The van der Waals surface area contributed by atoms with Crippen LogP contribution in [0.15, 0.2) is 61.0 Å². The van der Waals surface area contributed by atoms with E-state index in [-0.39, 0.29) is 65.7 Å². The van der Waals surface area contributed by atoms with Gasteiger partial charge in [0.25, 0.3) is 0 Å². The van der Waals surface area contributed by atoms with Crippen LogP contribution in [0.2, 0.25) is 0 Å². The molecule has 1 unspecified atom stereocenters. The molecule has 1 aliphatic carbocycles. The number of fused-ring (bicyclic) bond motifs is 1. The van der Waals surface area contributed by atoms with E-state index in [1.165, 1.54) is 29.3 Å². The fraction of sp³-hybridized carbons (Fsp3) is 0.310. The Balaban J connectivity index is 1.12. The molecule has 2 aliphatic rings. The Morgan fingerprint density at radius 3 is 2.25 bits per heavy atom. The van der Waals surface area contributed by atoms with Crippen LogP contribution in [0, 0.1) is 5.82 Å². The molecule has 48 heavy (non-hydrogen) atoms. The van der Waals surface area contributed by atoms with E-state index in [1.807, 2.05) is 0 Å². The Kier molecular flexibility index (Phi) is 8.68. The Morgan fingerprint density at radius 2 is 1.65 bits per heavy atom. The lowest BCUT2D eigenvalue weighted by molar-refractivity contribution is 0.0694. The third-order valence-corrected chi connectivity index (χ3v) is 12.1. The van der Waals surface area contributed by atoms with Gasteiger partial charge in [0.15, 0.2) is 18.1 Å². The Bertz CT molecular complexity index is 2140. The smallest absolute Gasteiger partial charge is 0.477 e. The van der Waals surface area contributed by atoms with Crippen LogP contribution >= 0.6 is 15.0 Å². The molecule has 4 N–H and O–H groups in total. The molecule has 3 heterocycles. The molecule has 254 valence electrons. The van der Waals surface area contributed by atoms with Crippen LogP contribution in [0.4, 0.5) is 14.9 Å². The van der Waals surface area contributed by atoms with Gasteiger partial charge >= 0.3 is 25.5 Å². The van der Waals surface area contributed by atoms with Crippen molar-refractivity contribution in [3.05, 3.63) is 80.6 Å². The molecule has 2 aromatic carbocycles. The largest absolute Gasteiger partial charge is 0.519 e. The standard InChI is InChI=1S/C29H28FN3O13P2/c30-21-11-19-22(33(17-3-4-17)13-20(25(19)34)27(35)36)12-23(21)31-7-9-32(10-8-31)28(37)44-14-24-26(46-29(38)45-24)16-1-5-18(6-2-16)47(39,40)15-48(41,42)43/h1-2,5-6,11-13,17H,3-4,7-10,14-15H2,(H,35,36)(H,39,40)(H2,41,42,43). The maximum Gasteiger partial charge on any atom is 0.519 e. The van der Waals surface area contributed by atoms with Gasteiger partial charge in [0, 0.05) is 54.7 Å². The number of halogens is 1. The second-order valence-corrected chi connectivity index (χ2v) is 15.8. The van der Waals surface area contributed by atoms with Gasteiger partial charge in [-0.3, -0.25) is 13.9 Å². The van der Waals surface area contributed by atoms with Crippen molar-refractivity contribution >= 4 is 48.9 Å². The fourth-order valence-corrected chi connectivity index (χ4v) is 8.82. The molecule has 0 bridgehead atoms. The predicted molar refractivity (Wildman–Crippen MR) is 166 cm³/mol. The van der Waals surface area contributed by atoms with Gasteiger partial charge in [-0.1, -0.05) is 12.1 Å². The van der Waals surface area contributed by atoms with Crippen molar-refractivity contribution in [3.8, 4) is 11.3 Å². The molecular formula is C29H28FN3O13P2. The lowest BCUT2D eigenvalue weighted by Gasteiger charge is -2.35. The van der Waals surface area contributed by atoms with Gasteiger partial charge in [-0.15, -0.1) is 0 Å². The van der Waals surface area contributed by atoms with Crippen molar-refractivity contribution in [1.82, 2.24) is 9.47 Å². The molecule has 1 atom stereocenters. The molecule has 4 aromatic rings. The number of carboxylic acid groups (broad SMARTS) is 1. The summed E-state index contributed by atoms with van der Waals surface area (Å²) in [5.41, 5.74) is -0.381. The van der Waals surface area contributed by atoms with Crippen LogP contribution < -0.4 is 21.5 Å². The molecule has 0 radical (unpaired) electrons. The third-order valence-electron chi connectivity index (χ3n) is 8.03. The van der Waals surface area contributed by atoms with Crippen LogP contribution in [0.1, 0.15) is 35.0 Å². The molecule has 2 aromatic heterocycles. The minimum Gasteiger partial charge on any atom is -0.477 e. The zero-order valence-electron chi connectivity index (χ0n) is 24.9. The van der Waals surface area contributed by atoms with Crippen LogP contribution in [-0.2, 0) is 20.5 Å². The summed E-state index contributed by atoms with van der Waals surface area (Å²) in [6.45, 7) is 0.141. The monoisotopic (exact) mass is 707 g/mol. The highest BCUT2D eigenvalue weighted by Crippen LogP contribution is 2.53. The minimum atomic E-state index is -4.78. The highest BCUT2D eigenvalue weighted by atomic mass is 31.2. The summed E-state index contributed by atoms with van der Waals surface area (Å²) in [7, 11) is -9.17. The van der Waals surface area contributed by atoms with Crippen molar-refractivity contribution in [2.24, 2.45) is 0 Å². The van der Waals surface area contributed by atoms with E-state index in [2.05, 4.69) is 0 Å². The average molecular weight is 707 g/mol. The number of pyridine rings is 1. The van der Waals surface area contributed by atoms with E-state index in [0.717, 1.165) is 31.0 Å². The molecule has 1 aliphatic heterocycles. The summed E-state index contributed by atoms with van der Waals surface area (Å²) in [6, 6.07) is 7.42. The van der Waals surface area contributed by atoms with Crippen molar-refractivity contribution in [2.75, 3.05) is 37.0 Å². The number of hydrogen-bond acceptors (Lipinski definition) is 10. The molecular weight excluding hydrogens is 679 g/mol. The minimum absolute atomic E-state index is 0.00959. The van der Waals surface area contributed by atoms with Crippen LogP contribution in [0.3, 0.4) is 0 Å². The van der Waals surface area contributed by atoms with Gasteiger partial charge in [-0.25, -0.2) is 18.8 Å². The van der Waals surface area contributed by atoms with Crippen molar-refractivity contribution in [1.29, 1.82) is 0 Å². The predicted octanol–water partition coefficient (Wildman–Crippen LogP) is 2.88. The molecule has 6 rings (SSSR count). The first-order valence-corrected chi connectivity index (χ1v) is 18.1. The molecule has 19 heteroatoms. The van der Waals surface area contributed by atoms with E-state index < -0.39 is 62.2 Å². The zero-order valence-corrected chi connectivity index (χ0v) is 26.6. The summed E-state index contributed by atoms with van der Waals surface area (Å²) < 4.78 is 56.0. The Morgan fingerprint density at radius 1 is 0.979 bits per heavy atom. The average Bonchev–Trinajstić information content (AvgIpc) is 3.80. The number of hydrogen-bond donors (Lipinski definition) is 4. The number of aromatic carboxylic acids is 1. The second-order valence-electron chi connectivity index (χ2n) is 11.4. The topological polar surface area (TPSA) is 230 Å². The van der Waals surface area contributed by atoms with Crippen LogP contribution in [0.25, 0.3) is 22.2 Å². The lowest BCUT2D eigenvalue weighted by Crippen LogP contribution is -2.49. The first-order valence-electron chi connectivity index (χ1n) is 14.5. The quantitative estimate of drug-likeness (QED) is 0.183. The van der Waals surface area contributed by atoms with Crippen LogP contribution in [-0.4, -0.2) is 73.4 Å². The molecule has 2 fully saturated rings.